The van der Waals surface area contributed by atoms with Crippen LogP contribution in [0.25, 0.3) is 0 Å². The van der Waals surface area contributed by atoms with E-state index in [1.807, 2.05) is 50.8 Å². The Hall–Kier alpha value is -1.86. The van der Waals surface area contributed by atoms with Gasteiger partial charge in [0.1, 0.15) is 12.3 Å². The van der Waals surface area contributed by atoms with Gasteiger partial charge in [-0.15, -0.1) is 0 Å². The van der Waals surface area contributed by atoms with Gasteiger partial charge in [0.15, 0.2) is 0 Å². The number of anilines is 1. The van der Waals surface area contributed by atoms with Crippen molar-refractivity contribution in [2.75, 3.05) is 25.1 Å². The summed E-state index contributed by atoms with van der Waals surface area (Å²) >= 11 is 0. The molecule has 2 aliphatic heterocycles. The molecule has 1 saturated heterocycles. The fourth-order valence-corrected chi connectivity index (χ4v) is 3.22. The van der Waals surface area contributed by atoms with Crippen LogP contribution in [0.2, 0.25) is 0 Å². The predicted molar refractivity (Wildman–Crippen MR) is 99.7 cm³/mol. The van der Waals surface area contributed by atoms with Crippen LogP contribution in [0.4, 0.5) is 5.69 Å². The van der Waals surface area contributed by atoms with Crippen molar-refractivity contribution >= 4 is 30.0 Å². The highest BCUT2D eigenvalue weighted by atomic mass is 16.7. The first-order valence-corrected chi connectivity index (χ1v) is 8.95. The molecule has 7 heteroatoms. The number of carbonyl (C=O) groups excluding carboxylic acids is 2. The zero-order chi connectivity index (χ0) is 19.1. The molecule has 1 fully saturated rings. The van der Waals surface area contributed by atoms with E-state index in [0.29, 0.717) is 19.4 Å². The highest BCUT2D eigenvalue weighted by Crippen LogP contribution is 2.37. The van der Waals surface area contributed by atoms with E-state index in [1.54, 1.807) is 0 Å². The largest absolute Gasteiger partial charge is 0.494 e. The average Bonchev–Trinajstić information content (AvgIpc) is 2.69. The average molecular weight is 359 g/mol. The number of fused-ring (bicyclic) bond motifs is 1. The molecule has 0 N–H and O–H groups in total. The second-order valence-corrected chi connectivity index (χ2v) is 7.94. The molecule has 0 unspecified atom stereocenters. The molecule has 1 aromatic rings. The number of methoxy groups -OCH3 is 1. The lowest BCUT2D eigenvalue weighted by Crippen LogP contribution is -2.41. The Morgan fingerprint density at radius 2 is 1.88 bits per heavy atom. The highest BCUT2D eigenvalue weighted by molar-refractivity contribution is 6.62. The quantitative estimate of drug-likeness (QED) is 0.602. The number of carbonyl (C=O) groups is 2. The Balaban J connectivity index is 1.94. The van der Waals surface area contributed by atoms with Crippen molar-refractivity contribution in [1.29, 1.82) is 0 Å². The number of hydrogen-bond donors (Lipinski definition) is 0. The van der Waals surface area contributed by atoms with E-state index < -0.39 is 18.3 Å². The van der Waals surface area contributed by atoms with Gasteiger partial charge in [-0.05, 0) is 44.8 Å². The van der Waals surface area contributed by atoms with Crippen LogP contribution >= 0.6 is 0 Å². The summed E-state index contributed by atoms with van der Waals surface area (Å²) in [6.45, 7) is 8.66. The fourth-order valence-electron chi connectivity index (χ4n) is 3.22. The van der Waals surface area contributed by atoms with Crippen LogP contribution in [0.3, 0.4) is 0 Å². The van der Waals surface area contributed by atoms with E-state index in [0.717, 1.165) is 16.7 Å². The van der Waals surface area contributed by atoms with Gasteiger partial charge in [0, 0.05) is 25.1 Å². The van der Waals surface area contributed by atoms with Crippen molar-refractivity contribution in [2.24, 2.45) is 0 Å². The summed E-state index contributed by atoms with van der Waals surface area (Å²) in [4.78, 5) is 25.8. The smallest absolute Gasteiger partial charge is 0.468 e. The monoisotopic (exact) mass is 359 g/mol. The van der Waals surface area contributed by atoms with Gasteiger partial charge in [-0.2, -0.15) is 0 Å². The number of rotatable bonds is 3. The Morgan fingerprint density at radius 1 is 1.23 bits per heavy atom. The van der Waals surface area contributed by atoms with Gasteiger partial charge in [0.05, 0.1) is 18.3 Å². The van der Waals surface area contributed by atoms with Gasteiger partial charge in [-0.3, -0.25) is 9.59 Å². The number of ether oxygens (including phenoxy) is 1. The Morgan fingerprint density at radius 3 is 2.50 bits per heavy atom. The van der Waals surface area contributed by atoms with Crippen molar-refractivity contribution in [1.82, 2.24) is 0 Å². The molecule has 2 heterocycles. The van der Waals surface area contributed by atoms with E-state index in [-0.39, 0.29) is 18.3 Å². The van der Waals surface area contributed by atoms with Gasteiger partial charge < -0.3 is 18.9 Å². The van der Waals surface area contributed by atoms with Gasteiger partial charge in [-0.25, -0.2) is 0 Å². The standard InChI is InChI=1S/C19H26BNO5/c1-18(2)19(3,4)26-20(25-18)14-7-6-13-10-15(22)8-9-21(16(13)11-14)12-17(23)24-5/h6-7,11H,8-10,12H2,1-5H3. The molecule has 0 saturated carbocycles. The molecule has 6 nitrogen and oxygen atoms in total. The highest BCUT2D eigenvalue weighted by Gasteiger charge is 2.51. The maximum atomic E-state index is 12.1. The first-order chi connectivity index (χ1) is 12.1. The van der Waals surface area contributed by atoms with Crippen LogP contribution < -0.4 is 10.4 Å². The van der Waals surface area contributed by atoms with Crippen LogP contribution in [-0.4, -0.2) is 50.3 Å². The molecule has 26 heavy (non-hydrogen) atoms. The molecule has 0 radical (unpaired) electrons. The Bertz CT molecular complexity index is 715. The minimum atomic E-state index is -0.482. The summed E-state index contributed by atoms with van der Waals surface area (Å²) in [5.74, 6) is -0.159. The summed E-state index contributed by atoms with van der Waals surface area (Å²) in [5, 5.41) is 0. The number of nitrogens with zero attached hydrogens (tertiary/aromatic N) is 1. The molecular weight excluding hydrogens is 333 g/mol. The van der Waals surface area contributed by atoms with E-state index >= 15 is 0 Å². The van der Waals surface area contributed by atoms with E-state index in [1.165, 1.54) is 7.11 Å². The van der Waals surface area contributed by atoms with Crippen LogP contribution in [0.15, 0.2) is 18.2 Å². The summed E-state index contributed by atoms with van der Waals surface area (Å²) < 4.78 is 17.1. The predicted octanol–water partition coefficient (Wildman–Crippen LogP) is 1.48. The molecule has 0 atom stereocenters. The lowest BCUT2D eigenvalue weighted by atomic mass is 9.78. The van der Waals surface area contributed by atoms with Crippen LogP contribution in [0.5, 0.6) is 0 Å². The molecular formula is C19H26BNO5. The molecule has 2 aliphatic rings. The summed E-state index contributed by atoms with van der Waals surface area (Å²) in [6.07, 6.45) is 0.786. The van der Waals surface area contributed by atoms with Crippen LogP contribution in [0, 0.1) is 0 Å². The van der Waals surface area contributed by atoms with Gasteiger partial charge in [0.25, 0.3) is 0 Å². The minimum absolute atomic E-state index is 0.115. The summed E-state index contributed by atoms with van der Waals surface area (Å²) in [5.41, 5.74) is 1.81. The van der Waals surface area contributed by atoms with Crippen LogP contribution in [0.1, 0.15) is 39.7 Å². The van der Waals surface area contributed by atoms with E-state index in [9.17, 15) is 9.59 Å². The SMILES string of the molecule is COC(=O)CN1CCC(=O)Cc2ccc(B3OC(C)(C)C(C)(C)O3)cc21. The van der Waals surface area contributed by atoms with Crippen molar-refractivity contribution < 1.29 is 23.6 Å². The molecule has 0 spiro atoms. The van der Waals surface area contributed by atoms with Crippen LogP contribution in [-0.2, 0) is 30.1 Å². The second-order valence-electron chi connectivity index (χ2n) is 7.94. The topological polar surface area (TPSA) is 65.1 Å². The molecule has 140 valence electrons. The number of hydrogen-bond acceptors (Lipinski definition) is 6. The van der Waals surface area contributed by atoms with E-state index in [2.05, 4.69) is 0 Å². The van der Waals surface area contributed by atoms with Gasteiger partial charge >= 0.3 is 13.1 Å². The third kappa shape index (κ3) is 3.51. The van der Waals surface area contributed by atoms with Gasteiger partial charge in [0.2, 0.25) is 0 Å². The Kier molecular flexibility index (Phi) is 4.88. The van der Waals surface area contributed by atoms with Crippen molar-refractivity contribution in [3.05, 3.63) is 23.8 Å². The molecule has 0 aliphatic carbocycles. The summed E-state index contributed by atoms with van der Waals surface area (Å²) in [7, 11) is 0.886. The maximum Gasteiger partial charge on any atom is 0.494 e. The third-order valence-corrected chi connectivity index (χ3v) is 5.57. The number of Topliss-reactive ketones (excluding diaryl/α,β-unsaturated/α-hetero) is 1. The van der Waals surface area contributed by atoms with E-state index in [4.69, 9.17) is 14.0 Å². The minimum Gasteiger partial charge on any atom is -0.468 e. The number of benzene rings is 1. The van der Waals surface area contributed by atoms with Crippen molar-refractivity contribution in [3.8, 4) is 0 Å². The molecule has 0 aromatic heterocycles. The van der Waals surface area contributed by atoms with Gasteiger partial charge in [-0.1, -0.05) is 12.1 Å². The maximum absolute atomic E-state index is 12.1. The number of ketones is 1. The van der Waals surface area contributed by atoms with Crippen molar-refractivity contribution in [2.45, 2.75) is 51.7 Å². The fraction of sp³-hybridized carbons (Fsp3) is 0.579. The zero-order valence-electron chi connectivity index (χ0n) is 16.1. The molecule has 0 bridgehead atoms. The lowest BCUT2D eigenvalue weighted by molar-refractivity contribution is -0.139. The Labute approximate surface area is 154 Å². The summed E-state index contributed by atoms with van der Waals surface area (Å²) in [6, 6.07) is 5.85. The lowest BCUT2D eigenvalue weighted by Gasteiger charge is -2.32. The number of esters is 1. The molecule has 1 aromatic carbocycles. The normalized spacial score (nSPS) is 21.3. The zero-order valence-corrected chi connectivity index (χ0v) is 16.1. The second kappa shape index (κ2) is 6.70. The first-order valence-electron chi connectivity index (χ1n) is 8.95. The molecule has 0 amide bonds. The van der Waals surface area contributed by atoms with Crippen molar-refractivity contribution in [3.63, 3.8) is 0 Å². The third-order valence-electron chi connectivity index (χ3n) is 5.57. The molecule has 3 rings (SSSR count). The first kappa shape index (κ1) is 18.9.